The SMILES string of the molecule is NC(=O)C1(C(=O)N(c2ccc(F)cc2)c2ccc(Oc3ccnc4cc(OCCc5ccncc5)ncc34)c(F)c2)CC1. The van der Waals surface area contributed by atoms with Crippen molar-refractivity contribution in [3.05, 3.63) is 109 Å². The third kappa shape index (κ3) is 5.69. The van der Waals surface area contributed by atoms with Crippen LogP contribution in [0.15, 0.2) is 91.5 Å². The van der Waals surface area contributed by atoms with Crippen molar-refractivity contribution < 1.29 is 27.8 Å². The number of primary amides is 1. The number of nitrogens with zero attached hydrogens (tertiary/aromatic N) is 4. The number of rotatable bonds is 10. The third-order valence-electron chi connectivity index (χ3n) is 7.26. The fourth-order valence-electron chi connectivity index (χ4n) is 4.70. The van der Waals surface area contributed by atoms with E-state index in [4.69, 9.17) is 15.2 Å². The Morgan fingerprint density at radius 2 is 1.63 bits per heavy atom. The Labute approximate surface area is 244 Å². The van der Waals surface area contributed by atoms with Crippen molar-refractivity contribution in [3.8, 4) is 17.4 Å². The van der Waals surface area contributed by atoms with Gasteiger partial charge in [0.1, 0.15) is 17.0 Å². The number of benzene rings is 2. The van der Waals surface area contributed by atoms with Crippen LogP contribution in [0, 0.1) is 17.0 Å². The topological polar surface area (TPSA) is 121 Å². The van der Waals surface area contributed by atoms with Gasteiger partial charge in [-0.3, -0.25) is 24.5 Å². The van der Waals surface area contributed by atoms with E-state index in [1.165, 1.54) is 47.5 Å². The average Bonchev–Trinajstić information content (AvgIpc) is 3.83. The Morgan fingerprint density at radius 1 is 0.884 bits per heavy atom. The van der Waals surface area contributed by atoms with E-state index in [-0.39, 0.29) is 30.0 Å². The van der Waals surface area contributed by atoms with E-state index in [1.54, 1.807) is 30.7 Å². The Kier molecular flexibility index (Phi) is 7.37. The van der Waals surface area contributed by atoms with Crippen molar-refractivity contribution in [2.24, 2.45) is 11.1 Å². The molecule has 2 N–H and O–H groups in total. The van der Waals surface area contributed by atoms with Gasteiger partial charge in [-0.1, -0.05) is 0 Å². The highest BCUT2D eigenvalue weighted by molar-refractivity contribution is 6.16. The monoisotopic (exact) mass is 581 g/mol. The number of carbonyl (C=O) groups is 2. The van der Waals surface area contributed by atoms with Crippen molar-refractivity contribution in [1.29, 1.82) is 0 Å². The van der Waals surface area contributed by atoms with Crippen LogP contribution >= 0.6 is 0 Å². The highest BCUT2D eigenvalue weighted by Crippen LogP contribution is 2.49. The molecule has 9 nitrogen and oxygen atoms in total. The first-order valence-corrected chi connectivity index (χ1v) is 13.5. The quantitative estimate of drug-likeness (QED) is 0.212. The van der Waals surface area contributed by atoms with Gasteiger partial charge < -0.3 is 15.2 Å². The van der Waals surface area contributed by atoms with Gasteiger partial charge in [0.25, 0.3) is 0 Å². The molecule has 1 fully saturated rings. The lowest BCUT2D eigenvalue weighted by atomic mass is 10.0. The van der Waals surface area contributed by atoms with Crippen molar-refractivity contribution in [3.63, 3.8) is 0 Å². The summed E-state index contributed by atoms with van der Waals surface area (Å²) >= 11 is 0. The van der Waals surface area contributed by atoms with Gasteiger partial charge in [0.05, 0.1) is 23.2 Å². The van der Waals surface area contributed by atoms with Crippen LogP contribution in [0.5, 0.6) is 17.4 Å². The molecule has 43 heavy (non-hydrogen) atoms. The number of carbonyl (C=O) groups excluding carboxylic acids is 2. The number of pyridine rings is 3. The molecule has 11 heteroatoms. The molecule has 6 rings (SSSR count). The van der Waals surface area contributed by atoms with E-state index < -0.39 is 28.9 Å². The van der Waals surface area contributed by atoms with Gasteiger partial charge in [-0.2, -0.15) is 0 Å². The molecular formula is C32H25F2N5O4. The minimum absolute atomic E-state index is 0.114. The number of aromatic nitrogens is 3. The van der Waals surface area contributed by atoms with Crippen molar-refractivity contribution in [2.45, 2.75) is 19.3 Å². The minimum Gasteiger partial charge on any atom is -0.477 e. The molecule has 2 aromatic carbocycles. The summed E-state index contributed by atoms with van der Waals surface area (Å²) in [7, 11) is 0. The highest BCUT2D eigenvalue weighted by Gasteiger charge is 2.57. The fourth-order valence-corrected chi connectivity index (χ4v) is 4.70. The van der Waals surface area contributed by atoms with E-state index in [2.05, 4.69) is 15.0 Å². The van der Waals surface area contributed by atoms with Crippen molar-refractivity contribution in [2.75, 3.05) is 11.5 Å². The van der Waals surface area contributed by atoms with E-state index in [0.717, 1.165) is 11.6 Å². The molecule has 0 atom stereocenters. The Balaban J connectivity index is 1.23. The number of amides is 2. The molecule has 0 bridgehead atoms. The summed E-state index contributed by atoms with van der Waals surface area (Å²) < 4.78 is 40.8. The lowest BCUT2D eigenvalue weighted by molar-refractivity contribution is -0.133. The zero-order chi connectivity index (χ0) is 30.0. The standard InChI is InChI=1S/C32H25F2N5O4/c33-21-1-3-22(4-2-21)39(31(41)32(11-12-32)30(35)40)23-5-6-28(25(34)17-23)43-27-9-15-37-26-18-29(38-19-24(26)27)42-16-10-20-7-13-36-14-8-20/h1-9,13-15,17-19H,10-12,16H2,(H2,35,40). The maximum atomic E-state index is 15.5. The second kappa shape index (κ2) is 11.4. The molecule has 216 valence electrons. The maximum Gasteiger partial charge on any atom is 0.247 e. The molecule has 3 aromatic heterocycles. The molecule has 0 spiro atoms. The van der Waals surface area contributed by atoms with E-state index in [9.17, 15) is 14.0 Å². The first-order chi connectivity index (χ1) is 20.8. The summed E-state index contributed by atoms with van der Waals surface area (Å²) in [6.45, 7) is 0.411. The van der Waals surface area contributed by atoms with E-state index in [1.807, 2.05) is 12.1 Å². The van der Waals surface area contributed by atoms with Crippen LogP contribution in [0.3, 0.4) is 0 Å². The Hall–Kier alpha value is -5.45. The predicted molar refractivity (Wildman–Crippen MR) is 154 cm³/mol. The molecule has 5 aromatic rings. The fraction of sp³-hybridized carbons (Fsp3) is 0.156. The third-order valence-corrected chi connectivity index (χ3v) is 7.26. The molecule has 1 aliphatic rings. The van der Waals surface area contributed by atoms with Crippen LogP contribution in [0.1, 0.15) is 18.4 Å². The minimum atomic E-state index is -1.38. The summed E-state index contributed by atoms with van der Waals surface area (Å²) in [5.74, 6) is -2.06. The second-order valence-corrected chi connectivity index (χ2v) is 10.1. The van der Waals surface area contributed by atoms with Gasteiger partial charge in [-0.05, 0) is 73.0 Å². The Bertz CT molecular complexity index is 1810. The smallest absolute Gasteiger partial charge is 0.247 e. The average molecular weight is 582 g/mol. The van der Waals surface area contributed by atoms with Crippen LogP contribution in [-0.4, -0.2) is 33.4 Å². The first kappa shape index (κ1) is 27.7. The number of halogens is 2. The van der Waals surface area contributed by atoms with E-state index >= 15 is 4.39 Å². The number of nitrogens with two attached hydrogens (primary N) is 1. The van der Waals surface area contributed by atoms with Crippen LogP contribution in [0.25, 0.3) is 10.9 Å². The van der Waals surface area contributed by atoms with Crippen LogP contribution < -0.4 is 20.1 Å². The first-order valence-electron chi connectivity index (χ1n) is 13.5. The van der Waals surface area contributed by atoms with Gasteiger partial charge in [0.15, 0.2) is 11.6 Å². The van der Waals surface area contributed by atoms with Crippen LogP contribution in [0.4, 0.5) is 20.2 Å². The largest absolute Gasteiger partial charge is 0.477 e. The van der Waals surface area contributed by atoms with Gasteiger partial charge in [-0.15, -0.1) is 0 Å². The summed E-state index contributed by atoms with van der Waals surface area (Å²) in [4.78, 5) is 39.5. The molecule has 0 saturated heterocycles. The molecule has 0 radical (unpaired) electrons. The normalized spacial score (nSPS) is 13.3. The molecule has 0 aliphatic heterocycles. The van der Waals surface area contributed by atoms with Crippen LogP contribution in [0.2, 0.25) is 0 Å². The number of anilines is 2. The van der Waals surface area contributed by atoms with Crippen molar-refractivity contribution in [1.82, 2.24) is 15.0 Å². The second-order valence-electron chi connectivity index (χ2n) is 10.1. The maximum absolute atomic E-state index is 15.5. The molecule has 1 aliphatic carbocycles. The molecule has 1 saturated carbocycles. The van der Waals surface area contributed by atoms with E-state index in [0.29, 0.717) is 35.6 Å². The van der Waals surface area contributed by atoms with Gasteiger partial charge in [-0.25, -0.2) is 13.8 Å². The Morgan fingerprint density at radius 3 is 2.33 bits per heavy atom. The number of hydrogen-bond donors (Lipinski definition) is 1. The zero-order valence-electron chi connectivity index (χ0n) is 22.7. The molecule has 0 unspecified atom stereocenters. The molecule has 3 heterocycles. The van der Waals surface area contributed by atoms with Gasteiger partial charge in [0.2, 0.25) is 17.7 Å². The van der Waals surface area contributed by atoms with Gasteiger partial charge in [0, 0.05) is 49.0 Å². The lowest BCUT2D eigenvalue weighted by Gasteiger charge is -2.26. The lowest BCUT2D eigenvalue weighted by Crippen LogP contribution is -2.41. The molecule has 2 amide bonds. The summed E-state index contributed by atoms with van der Waals surface area (Å²) in [6, 6.07) is 16.1. The van der Waals surface area contributed by atoms with Crippen molar-refractivity contribution >= 4 is 34.1 Å². The number of ether oxygens (including phenoxy) is 2. The zero-order valence-corrected chi connectivity index (χ0v) is 22.7. The predicted octanol–water partition coefficient (Wildman–Crippen LogP) is 5.65. The number of hydrogen-bond acceptors (Lipinski definition) is 7. The highest BCUT2D eigenvalue weighted by atomic mass is 19.1. The molecular weight excluding hydrogens is 556 g/mol. The summed E-state index contributed by atoms with van der Waals surface area (Å²) in [5.41, 5.74) is 6.16. The summed E-state index contributed by atoms with van der Waals surface area (Å²) in [6.07, 6.45) is 7.76. The van der Waals surface area contributed by atoms with Gasteiger partial charge >= 0.3 is 0 Å². The summed E-state index contributed by atoms with van der Waals surface area (Å²) in [5, 5.41) is 0.535. The van der Waals surface area contributed by atoms with Crippen LogP contribution in [-0.2, 0) is 16.0 Å². The number of fused-ring (bicyclic) bond motifs is 1.